The first kappa shape index (κ1) is 25.6. The number of anilines is 3. The fraction of sp³-hybridized carbons (Fsp3) is 0.179. The molecule has 190 valence electrons. The normalized spacial score (nSPS) is 13.2. The average molecular weight is 505 g/mol. The molecule has 1 aliphatic rings. The van der Waals surface area contributed by atoms with Crippen molar-refractivity contribution in [2.75, 3.05) is 22.9 Å². The largest absolute Gasteiger partial charge is 0.397 e. The number of nitrogen functional groups attached to an aromatic ring is 1. The third-order valence-corrected chi connectivity index (χ3v) is 5.90. The minimum Gasteiger partial charge on any atom is -0.397 e. The molecular formula is C28H26F2N4O3. The van der Waals surface area contributed by atoms with Crippen LogP contribution < -0.4 is 21.7 Å². The molecule has 0 fully saturated rings. The van der Waals surface area contributed by atoms with Crippen molar-refractivity contribution in [1.29, 1.82) is 0 Å². The van der Waals surface area contributed by atoms with Crippen molar-refractivity contribution in [2.24, 2.45) is 0 Å². The molecule has 0 radical (unpaired) electrons. The first-order chi connectivity index (χ1) is 17.8. The Labute approximate surface area is 212 Å². The molecule has 3 aromatic rings. The molecule has 0 unspecified atom stereocenters. The van der Waals surface area contributed by atoms with E-state index in [1.165, 1.54) is 30.3 Å². The van der Waals surface area contributed by atoms with E-state index in [0.29, 0.717) is 53.0 Å². The van der Waals surface area contributed by atoms with Crippen molar-refractivity contribution < 1.29 is 23.2 Å². The van der Waals surface area contributed by atoms with Crippen molar-refractivity contribution in [2.45, 2.75) is 25.7 Å². The molecule has 1 heterocycles. The minimum atomic E-state index is -0.465. The highest BCUT2D eigenvalue weighted by Crippen LogP contribution is 2.33. The first-order valence-electron chi connectivity index (χ1n) is 11.9. The molecule has 0 saturated heterocycles. The zero-order valence-corrected chi connectivity index (χ0v) is 19.9. The lowest BCUT2D eigenvalue weighted by Gasteiger charge is -2.08. The Kier molecular flexibility index (Phi) is 7.92. The second-order valence-electron chi connectivity index (χ2n) is 8.67. The van der Waals surface area contributed by atoms with Crippen LogP contribution in [0.4, 0.5) is 25.8 Å². The fourth-order valence-electron chi connectivity index (χ4n) is 3.95. The van der Waals surface area contributed by atoms with E-state index in [2.05, 4.69) is 16.0 Å². The van der Waals surface area contributed by atoms with Crippen LogP contribution in [0.25, 0.3) is 11.6 Å². The lowest BCUT2D eigenvalue weighted by atomic mass is 10.0. The highest BCUT2D eigenvalue weighted by atomic mass is 19.1. The number of hydrogen-bond acceptors (Lipinski definition) is 4. The number of unbranched alkanes of at least 4 members (excludes halogenated alkanes) is 2. The second kappa shape index (κ2) is 11.5. The summed E-state index contributed by atoms with van der Waals surface area (Å²) in [7, 11) is 0. The second-order valence-corrected chi connectivity index (χ2v) is 8.67. The molecule has 5 N–H and O–H groups in total. The van der Waals surface area contributed by atoms with Crippen molar-refractivity contribution in [3.8, 4) is 0 Å². The Bertz CT molecular complexity index is 1370. The Morgan fingerprint density at radius 2 is 1.65 bits per heavy atom. The van der Waals surface area contributed by atoms with Gasteiger partial charge in [-0.3, -0.25) is 14.4 Å². The molecule has 37 heavy (non-hydrogen) atoms. The van der Waals surface area contributed by atoms with E-state index in [4.69, 9.17) is 5.73 Å². The van der Waals surface area contributed by atoms with Crippen LogP contribution in [0.1, 0.15) is 47.2 Å². The number of nitrogens with one attached hydrogen (secondary N) is 3. The zero-order chi connectivity index (χ0) is 26.4. The topological polar surface area (TPSA) is 113 Å². The van der Waals surface area contributed by atoms with Crippen LogP contribution in [-0.2, 0) is 9.59 Å². The van der Waals surface area contributed by atoms with E-state index in [1.807, 2.05) is 0 Å². The summed E-state index contributed by atoms with van der Waals surface area (Å²) in [6, 6.07) is 14.7. The molecule has 7 nitrogen and oxygen atoms in total. The number of amides is 3. The Hall–Kier alpha value is -4.53. The average Bonchev–Trinajstić information content (AvgIpc) is 3.17. The predicted octanol–water partition coefficient (Wildman–Crippen LogP) is 4.97. The molecule has 1 aliphatic heterocycles. The van der Waals surface area contributed by atoms with Crippen molar-refractivity contribution in [3.05, 3.63) is 89.0 Å². The van der Waals surface area contributed by atoms with Crippen LogP contribution in [0, 0.1) is 11.6 Å². The van der Waals surface area contributed by atoms with E-state index >= 15 is 0 Å². The lowest BCUT2D eigenvalue weighted by Crippen LogP contribution is -2.24. The zero-order valence-electron chi connectivity index (χ0n) is 19.9. The molecule has 9 heteroatoms. The minimum absolute atomic E-state index is 0.172. The summed E-state index contributed by atoms with van der Waals surface area (Å²) in [6.07, 6.45) is 4.02. The number of carbonyl (C=O) groups is 3. The Balaban J connectivity index is 1.20. The van der Waals surface area contributed by atoms with Gasteiger partial charge in [0.15, 0.2) is 0 Å². The third-order valence-electron chi connectivity index (χ3n) is 5.90. The van der Waals surface area contributed by atoms with Crippen LogP contribution in [0.15, 0.2) is 60.7 Å². The van der Waals surface area contributed by atoms with E-state index < -0.39 is 11.6 Å². The fourth-order valence-corrected chi connectivity index (χ4v) is 3.95. The SMILES string of the molecule is Nc1cc(F)ccc1NC(=O)CCCCCNC(=O)c1ccc(/C=C2\C(=O)Nc3ccc(F)cc32)cc1. The molecule has 0 saturated carbocycles. The molecule has 0 aliphatic carbocycles. The van der Waals surface area contributed by atoms with Gasteiger partial charge in [-0.15, -0.1) is 0 Å². The Morgan fingerprint density at radius 3 is 2.41 bits per heavy atom. The van der Waals surface area contributed by atoms with Gasteiger partial charge in [0.25, 0.3) is 11.8 Å². The number of fused-ring (bicyclic) bond motifs is 1. The summed E-state index contributed by atoms with van der Waals surface area (Å²) in [5.74, 6) is -1.63. The van der Waals surface area contributed by atoms with Gasteiger partial charge in [-0.2, -0.15) is 0 Å². The van der Waals surface area contributed by atoms with Crippen LogP contribution in [0.5, 0.6) is 0 Å². The number of benzene rings is 3. The van der Waals surface area contributed by atoms with Crippen LogP contribution in [0.3, 0.4) is 0 Å². The van der Waals surface area contributed by atoms with Gasteiger partial charge in [0, 0.05) is 35.4 Å². The van der Waals surface area contributed by atoms with Gasteiger partial charge in [0.2, 0.25) is 5.91 Å². The lowest BCUT2D eigenvalue weighted by molar-refractivity contribution is -0.116. The molecule has 0 aromatic heterocycles. The molecule has 0 atom stereocenters. The van der Waals surface area contributed by atoms with Crippen molar-refractivity contribution in [3.63, 3.8) is 0 Å². The van der Waals surface area contributed by atoms with Gasteiger partial charge in [-0.1, -0.05) is 18.6 Å². The maximum Gasteiger partial charge on any atom is 0.256 e. The molecule has 3 amide bonds. The van der Waals surface area contributed by atoms with Gasteiger partial charge < -0.3 is 21.7 Å². The number of nitrogens with two attached hydrogens (primary N) is 1. The predicted molar refractivity (Wildman–Crippen MR) is 140 cm³/mol. The van der Waals surface area contributed by atoms with Gasteiger partial charge in [-0.25, -0.2) is 8.78 Å². The van der Waals surface area contributed by atoms with E-state index in [0.717, 1.165) is 12.5 Å². The molecular weight excluding hydrogens is 478 g/mol. The van der Waals surface area contributed by atoms with E-state index in [9.17, 15) is 23.2 Å². The Morgan fingerprint density at radius 1 is 0.919 bits per heavy atom. The summed E-state index contributed by atoms with van der Waals surface area (Å²) in [4.78, 5) is 36.7. The third kappa shape index (κ3) is 6.58. The highest BCUT2D eigenvalue weighted by molar-refractivity contribution is 6.34. The molecule has 3 aromatic carbocycles. The van der Waals surface area contributed by atoms with Gasteiger partial charge in [-0.05, 0) is 73.0 Å². The highest BCUT2D eigenvalue weighted by Gasteiger charge is 2.24. The maximum absolute atomic E-state index is 13.6. The van der Waals surface area contributed by atoms with E-state index in [1.54, 1.807) is 30.3 Å². The van der Waals surface area contributed by atoms with Crippen molar-refractivity contribution in [1.82, 2.24) is 5.32 Å². The first-order valence-corrected chi connectivity index (χ1v) is 11.9. The number of carbonyl (C=O) groups excluding carboxylic acids is 3. The number of halogens is 2. The summed E-state index contributed by atoms with van der Waals surface area (Å²) in [6.45, 7) is 0.458. The molecule has 0 spiro atoms. The quantitative estimate of drug-likeness (QED) is 0.187. The standard InChI is InChI=1S/C28H26F2N4O3/c29-19-9-11-24-21(15-19)22(28(37)34-24)14-17-5-7-18(8-6-17)27(36)32-13-3-1-2-4-26(35)33-25-12-10-20(30)16-23(25)31/h5-12,14-16H,1-4,13,31H2,(H,32,36)(H,33,35)(H,34,37)/b22-14-. The molecule has 0 bridgehead atoms. The summed E-state index contributed by atoms with van der Waals surface area (Å²) < 4.78 is 26.7. The van der Waals surface area contributed by atoms with Crippen LogP contribution in [0.2, 0.25) is 0 Å². The monoisotopic (exact) mass is 504 g/mol. The van der Waals surface area contributed by atoms with Crippen molar-refractivity contribution >= 4 is 46.4 Å². The van der Waals surface area contributed by atoms with Gasteiger partial charge >= 0.3 is 0 Å². The van der Waals surface area contributed by atoms with E-state index in [-0.39, 0.29) is 29.8 Å². The van der Waals surface area contributed by atoms with Gasteiger partial charge in [0.05, 0.1) is 11.4 Å². The number of hydrogen-bond donors (Lipinski definition) is 4. The smallest absolute Gasteiger partial charge is 0.256 e. The summed E-state index contributed by atoms with van der Waals surface area (Å²) in [5, 5.41) is 8.21. The summed E-state index contributed by atoms with van der Waals surface area (Å²) >= 11 is 0. The van der Waals surface area contributed by atoms with Crippen LogP contribution >= 0.6 is 0 Å². The van der Waals surface area contributed by atoms with Gasteiger partial charge in [0.1, 0.15) is 11.6 Å². The summed E-state index contributed by atoms with van der Waals surface area (Å²) in [5.41, 5.74) is 8.85. The van der Waals surface area contributed by atoms with Crippen LogP contribution in [-0.4, -0.2) is 24.3 Å². The number of rotatable bonds is 9. The maximum atomic E-state index is 13.6. The molecule has 4 rings (SSSR count).